The van der Waals surface area contributed by atoms with Crippen molar-refractivity contribution < 1.29 is 22.4 Å². The van der Waals surface area contributed by atoms with Crippen LogP contribution in [0.2, 0.25) is 0 Å². The molecule has 184 valence electrons. The average Bonchev–Trinajstić information content (AvgIpc) is 2.81. The molecule has 1 aliphatic rings. The molecule has 0 saturated carbocycles. The molecule has 0 unspecified atom stereocenters. The summed E-state index contributed by atoms with van der Waals surface area (Å²) >= 11 is 0. The normalized spacial score (nSPS) is 15.2. The maximum Gasteiger partial charge on any atom is 0.416 e. The van der Waals surface area contributed by atoms with Gasteiger partial charge in [-0.25, -0.2) is 9.07 Å². The molecule has 1 amide bonds. The second kappa shape index (κ2) is 9.99. The fraction of sp³-hybridized carbons (Fsp3) is 0.320. The number of aryl methyl sites for hydroxylation is 1. The van der Waals surface area contributed by atoms with E-state index in [0.717, 1.165) is 22.4 Å². The van der Waals surface area contributed by atoms with Crippen LogP contribution in [0.1, 0.15) is 40.2 Å². The Morgan fingerprint density at radius 2 is 1.77 bits per heavy atom. The number of nitrogens with zero attached hydrogens (tertiary/aromatic N) is 3. The van der Waals surface area contributed by atoms with Crippen molar-refractivity contribution in [1.29, 1.82) is 0 Å². The fourth-order valence-electron chi connectivity index (χ4n) is 4.12. The van der Waals surface area contributed by atoms with Gasteiger partial charge in [0.05, 0.1) is 11.3 Å². The van der Waals surface area contributed by atoms with Crippen LogP contribution in [0.25, 0.3) is 5.69 Å². The van der Waals surface area contributed by atoms with E-state index in [9.17, 15) is 27.2 Å². The number of likely N-dealkylation sites (tertiary alicyclic amines) is 1. The van der Waals surface area contributed by atoms with Crippen LogP contribution in [0.15, 0.2) is 59.4 Å². The number of benzene rings is 2. The second-order valence-electron chi connectivity index (χ2n) is 8.61. The van der Waals surface area contributed by atoms with Gasteiger partial charge in [0.2, 0.25) is 5.43 Å². The summed E-state index contributed by atoms with van der Waals surface area (Å²) in [6, 6.07) is 11.9. The number of piperidine rings is 1. The minimum atomic E-state index is -4.53. The van der Waals surface area contributed by atoms with Crippen LogP contribution in [-0.4, -0.2) is 39.7 Å². The maximum absolute atomic E-state index is 13.1. The van der Waals surface area contributed by atoms with Crippen molar-refractivity contribution in [2.75, 3.05) is 13.1 Å². The number of rotatable bonds is 5. The van der Waals surface area contributed by atoms with Gasteiger partial charge in [-0.15, -0.1) is 0 Å². The van der Waals surface area contributed by atoms with Gasteiger partial charge in [-0.2, -0.15) is 18.3 Å². The summed E-state index contributed by atoms with van der Waals surface area (Å²) in [6.07, 6.45) is -3.23. The molecular weight excluding hydrogens is 464 g/mol. The zero-order valence-corrected chi connectivity index (χ0v) is 19.0. The summed E-state index contributed by atoms with van der Waals surface area (Å²) in [6.45, 7) is 3.62. The number of aromatic nitrogens is 2. The third-order valence-corrected chi connectivity index (χ3v) is 5.98. The molecule has 0 spiro atoms. The van der Waals surface area contributed by atoms with E-state index >= 15 is 0 Å². The summed E-state index contributed by atoms with van der Waals surface area (Å²) in [7, 11) is 0. The summed E-state index contributed by atoms with van der Waals surface area (Å²) < 4.78 is 53.6. The highest BCUT2D eigenvalue weighted by atomic mass is 19.4. The molecule has 1 N–H and O–H groups in total. The van der Waals surface area contributed by atoms with E-state index in [0.29, 0.717) is 38.2 Å². The number of hydrogen-bond acceptors (Lipinski definition) is 4. The van der Waals surface area contributed by atoms with Crippen molar-refractivity contribution >= 4 is 5.91 Å². The molecule has 35 heavy (non-hydrogen) atoms. The molecule has 2 aromatic carbocycles. The topological polar surface area (TPSA) is 67.2 Å². The molecule has 2 heterocycles. The Balaban J connectivity index is 1.44. The number of amides is 1. The van der Waals surface area contributed by atoms with Gasteiger partial charge >= 0.3 is 6.18 Å². The van der Waals surface area contributed by atoms with Crippen molar-refractivity contribution in [2.45, 2.75) is 38.5 Å². The number of carbonyl (C=O) groups excluding carboxylic acids is 1. The zero-order chi connectivity index (χ0) is 25.2. The molecule has 0 radical (unpaired) electrons. The summed E-state index contributed by atoms with van der Waals surface area (Å²) in [4.78, 5) is 27.5. The van der Waals surface area contributed by atoms with E-state index in [1.54, 1.807) is 12.1 Å². The monoisotopic (exact) mass is 488 g/mol. The molecule has 0 atom stereocenters. The first-order valence-corrected chi connectivity index (χ1v) is 11.2. The van der Waals surface area contributed by atoms with Crippen molar-refractivity contribution in [3.63, 3.8) is 0 Å². The first kappa shape index (κ1) is 24.6. The highest BCUT2D eigenvalue weighted by Gasteiger charge is 2.31. The Labute approximate surface area is 199 Å². The minimum absolute atomic E-state index is 0.0977. The fourth-order valence-corrected chi connectivity index (χ4v) is 4.12. The van der Waals surface area contributed by atoms with Gasteiger partial charge < -0.3 is 5.32 Å². The molecule has 3 aromatic rings. The predicted molar refractivity (Wildman–Crippen MR) is 122 cm³/mol. The first-order valence-electron chi connectivity index (χ1n) is 11.2. The van der Waals surface area contributed by atoms with Crippen molar-refractivity contribution in [3.05, 3.63) is 93.2 Å². The van der Waals surface area contributed by atoms with Crippen LogP contribution in [0, 0.1) is 12.7 Å². The highest BCUT2D eigenvalue weighted by molar-refractivity contribution is 5.92. The first-order chi connectivity index (χ1) is 16.6. The van der Waals surface area contributed by atoms with Gasteiger partial charge in [-0.1, -0.05) is 18.2 Å². The molecule has 10 heteroatoms. The molecule has 0 bridgehead atoms. The molecule has 1 aromatic heterocycles. The van der Waals surface area contributed by atoms with E-state index in [1.807, 2.05) is 0 Å². The zero-order valence-electron chi connectivity index (χ0n) is 19.0. The molecule has 1 saturated heterocycles. The second-order valence-corrected chi connectivity index (χ2v) is 8.61. The van der Waals surface area contributed by atoms with Crippen molar-refractivity contribution in [3.8, 4) is 5.69 Å². The lowest BCUT2D eigenvalue weighted by Gasteiger charge is -2.32. The van der Waals surface area contributed by atoms with Gasteiger partial charge in [0.25, 0.3) is 5.91 Å². The van der Waals surface area contributed by atoms with Crippen LogP contribution < -0.4 is 10.7 Å². The van der Waals surface area contributed by atoms with E-state index in [1.165, 1.54) is 37.3 Å². The highest BCUT2D eigenvalue weighted by Crippen LogP contribution is 2.30. The van der Waals surface area contributed by atoms with Crippen LogP contribution >= 0.6 is 0 Å². The summed E-state index contributed by atoms with van der Waals surface area (Å²) in [5.74, 6) is -0.945. The number of alkyl halides is 3. The van der Waals surface area contributed by atoms with Crippen LogP contribution in [0.5, 0.6) is 0 Å². The van der Waals surface area contributed by atoms with E-state index < -0.39 is 23.1 Å². The smallest absolute Gasteiger partial charge is 0.348 e. The Kier molecular flexibility index (Phi) is 7.02. The van der Waals surface area contributed by atoms with Crippen molar-refractivity contribution in [2.24, 2.45) is 0 Å². The molecule has 1 aliphatic heterocycles. The van der Waals surface area contributed by atoms with Crippen molar-refractivity contribution in [1.82, 2.24) is 20.0 Å². The summed E-state index contributed by atoms with van der Waals surface area (Å²) in [5.41, 5.74) is -0.430. The predicted octanol–water partition coefficient (Wildman–Crippen LogP) is 4.09. The lowest BCUT2D eigenvalue weighted by Crippen LogP contribution is -2.45. The van der Waals surface area contributed by atoms with Gasteiger partial charge in [0, 0.05) is 37.4 Å². The largest absolute Gasteiger partial charge is 0.416 e. The van der Waals surface area contributed by atoms with Gasteiger partial charge in [-0.3, -0.25) is 14.5 Å². The number of hydrogen-bond donors (Lipinski definition) is 1. The minimum Gasteiger partial charge on any atom is -0.348 e. The molecule has 4 rings (SSSR count). The third kappa shape index (κ3) is 5.94. The Hall–Kier alpha value is -3.53. The van der Waals surface area contributed by atoms with E-state index in [4.69, 9.17) is 0 Å². The lowest BCUT2D eigenvalue weighted by atomic mass is 10.0. The number of nitrogens with one attached hydrogen (secondary N) is 1. The average molecular weight is 488 g/mol. The number of halogens is 4. The lowest BCUT2D eigenvalue weighted by molar-refractivity contribution is -0.137. The Morgan fingerprint density at radius 1 is 1.09 bits per heavy atom. The molecular formula is C25H24F4N4O2. The standard InChI is InChI=1S/C25H24F4N4O2/c1-16-13-22(34)23(31-33(16)21-4-2-3-18(14-21)25(27,28)29)24(35)30-20-9-11-32(12-10-20)15-17-5-7-19(26)8-6-17/h2-8,13-14,20H,9-12,15H2,1H3,(H,30,35). The van der Waals surface area contributed by atoms with Gasteiger partial charge in [-0.05, 0) is 55.7 Å². The van der Waals surface area contributed by atoms with Gasteiger partial charge in [0.15, 0.2) is 5.69 Å². The molecule has 6 nitrogen and oxygen atoms in total. The quantitative estimate of drug-likeness (QED) is 0.550. The van der Waals surface area contributed by atoms with E-state index in [2.05, 4.69) is 15.3 Å². The maximum atomic E-state index is 13.1. The van der Waals surface area contributed by atoms with E-state index in [-0.39, 0.29) is 23.2 Å². The Morgan fingerprint density at radius 3 is 2.43 bits per heavy atom. The van der Waals surface area contributed by atoms with Crippen LogP contribution in [0.4, 0.5) is 17.6 Å². The van der Waals surface area contributed by atoms with Crippen LogP contribution in [0.3, 0.4) is 0 Å². The SMILES string of the molecule is Cc1cc(=O)c(C(=O)NC2CCN(Cc3ccc(F)cc3)CC2)nn1-c1cccc(C(F)(F)F)c1. The summed E-state index contributed by atoms with van der Waals surface area (Å²) in [5, 5.41) is 6.92. The molecule has 0 aliphatic carbocycles. The number of carbonyl (C=O) groups is 1. The Bertz CT molecular complexity index is 1260. The van der Waals surface area contributed by atoms with Crippen LogP contribution in [-0.2, 0) is 12.7 Å². The third-order valence-electron chi connectivity index (χ3n) is 5.98. The molecule has 1 fully saturated rings. The van der Waals surface area contributed by atoms with Gasteiger partial charge in [0.1, 0.15) is 5.82 Å².